The smallest absolute Gasteiger partial charge is 0.162 e. The molecule has 0 saturated carbocycles. The first-order chi connectivity index (χ1) is 29.2. The topological polar surface area (TPSA) is 57.0 Å². The van der Waals surface area contributed by atoms with Crippen LogP contribution in [-0.2, 0) is 0 Å². The van der Waals surface area contributed by atoms with E-state index in [1.54, 1.807) is 0 Å². The second kappa shape index (κ2) is 12.6. The number of halogens is 1. The predicted molar refractivity (Wildman–Crippen MR) is 253 cm³/mol. The van der Waals surface area contributed by atoms with Crippen molar-refractivity contribution in [1.29, 1.82) is 0 Å². The summed E-state index contributed by atoms with van der Waals surface area (Å²) < 4.78 is 18.8. The third-order valence-corrected chi connectivity index (χ3v) is 13.8. The maximum absolute atomic E-state index is 6.61. The molecule has 13 aromatic rings. The molecule has 0 unspecified atom stereocenters. The highest BCUT2D eigenvalue weighted by atomic mass is 127. The molecule has 0 aliphatic carbocycles. The number of nitrogens with zero attached hydrogens (tertiary/aromatic N) is 3. The first-order valence-corrected chi connectivity index (χ1v) is 21.4. The molecule has 5 nitrogen and oxygen atoms in total. The zero-order valence-electron chi connectivity index (χ0n) is 31.1. The number of thiophene rings is 1. The van der Waals surface area contributed by atoms with Crippen molar-refractivity contribution in [1.82, 2.24) is 14.5 Å². The van der Waals surface area contributed by atoms with Gasteiger partial charge in [0.15, 0.2) is 11.6 Å². The van der Waals surface area contributed by atoms with Crippen LogP contribution in [0, 0.1) is 3.57 Å². The minimum absolute atomic E-state index is 0.623. The van der Waals surface area contributed by atoms with Crippen LogP contribution in [0.15, 0.2) is 179 Å². The van der Waals surface area contributed by atoms with Gasteiger partial charge in [0, 0.05) is 63.6 Å². The molecule has 0 spiro atoms. The number of hydrogen-bond acceptors (Lipinski definition) is 5. The van der Waals surface area contributed by atoms with Gasteiger partial charge in [-0.2, -0.15) is 0 Å². The van der Waals surface area contributed by atoms with Crippen LogP contribution >= 0.6 is 33.9 Å². The van der Waals surface area contributed by atoms with E-state index in [1.165, 1.54) is 20.2 Å². The highest BCUT2D eigenvalue weighted by Gasteiger charge is 2.24. The second-order valence-corrected chi connectivity index (χ2v) is 17.1. The molecule has 0 atom stereocenters. The van der Waals surface area contributed by atoms with Crippen LogP contribution in [-0.4, -0.2) is 14.5 Å². The third kappa shape index (κ3) is 4.89. The fourth-order valence-corrected chi connectivity index (χ4v) is 11.0. The SMILES string of the molecule is Ic1c(-c2ccc3c(c2)sc2ccccc23)nc(-c2ccc3c(c2)oc2cccc(-c4ccccc4)c23)nc1-n1c2ccccc2c2c3c(ccc21)oc1ccccc13. The molecule has 276 valence electrons. The molecule has 0 N–H and O–H groups in total. The molecule has 59 heavy (non-hydrogen) atoms. The van der Waals surface area contributed by atoms with Gasteiger partial charge in [-0.1, -0.05) is 115 Å². The Morgan fingerprint density at radius 2 is 1.14 bits per heavy atom. The first kappa shape index (κ1) is 33.2. The van der Waals surface area contributed by atoms with Gasteiger partial charge in [-0.15, -0.1) is 11.3 Å². The molecule has 0 aliphatic rings. The molecule has 5 heterocycles. The molecular weight excluding hydrogens is 858 g/mol. The Morgan fingerprint density at radius 1 is 0.441 bits per heavy atom. The standard InChI is InChI=1S/C52H28IN3O2S/c53-49-50(30-21-23-34-33-13-6-9-20-44(33)59-45(34)28-30)54-51(31-22-24-37-43(27-31)58-41-19-10-16-32(46(37)41)29-11-2-1-3-12-29)55-52(49)56-38-17-7-4-14-35(38)47-39(56)25-26-42-48(47)36-15-5-8-18-40(36)57-42/h1-28H. The van der Waals surface area contributed by atoms with Crippen molar-refractivity contribution in [2.75, 3.05) is 0 Å². The van der Waals surface area contributed by atoms with Crippen molar-refractivity contribution in [2.24, 2.45) is 0 Å². The van der Waals surface area contributed by atoms with Crippen molar-refractivity contribution in [2.45, 2.75) is 0 Å². The Kier molecular flexibility index (Phi) is 7.08. The summed E-state index contributed by atoms with van der Waals surface area (Å²) >= 11 is 4.29. The summed E-state index contributed by atoms with van der Waals surface area (Å²) in [6.45, 7) is 0. The van der Waals surface area contributed by atoms with Gasteiger partial charge in [0.2, 0.25) is 0 Å². The van der Waals surface area contributed by atoms with E-state index in [9.17, 15) is 0 Å². The van der Waals surface area contributed by atoms with E-state index in [2.05, 4.69) is 173 Å². The molecule has 5 aromatic heterocycles. The van der Waals surface area contributed by atoms with Crippen molar-refractivity contribution >= 4 is 120 Å². The summed E-state index contributed by atoms with van der Waals surface area (Å²) in [7, 11) is 0. The van der Waals surface area contributed by atoms with E-state index in [4.69, 9.17) is 18.8 Å². The fraction of sp³-hybridized carbons (Fsp3) is 0. The number of aromatic nitrogens is 3. The van der Waals surface area contributed by atoms with Gasteiger partial charge in [-0.3, -0.25) is 4.57 Å². The van der Waals surface area contributed by atoms with Crippen molar-refractivity contribution in [3.63, 3.8) is 0 Å². The molecule has 8 aromatic carbocycles. The molecular formula is C52H28IN3O2S. The minimum Gasteiger partial charge on any atom is -0.456 e. The average Bonchev–Trinajstić information content (AvgIpc) is 4.05. The van der Waals surface area contributed by atoms with E-state index in [0.29, 0.717) is 5.82 Å². The van der Waals surface area contributed by atoms with Gasteiger partial charge in [0.25, 0.3) is 0 Å². The number of hydrogen-bond donors (Lipinski definition) is 0. The second-order valence-electron chi connectivity index (χ2n) is 15.0. The minimum atomic E-state index is 0.623. The highest BCUT2D eigenvalue weighted by Crippen LogP contribution is 2.44. The number of fused-ring (bicyclic) bond motifs is 13. The lowest BCUT2D eigenvalue weighted by Crippen LogP contribution is -2.06. The van der Waals surface area contributed by atoms with Crippen LogP contribution in [0.4, 0.5) is 0 Å². The quantitative estimate of drug-likeness (QED) is 0.165. The van der Waals surface area contributed by atoms with Gasteiger partial charge in [-0.25, -0.2) is 9.97 Å². The molecule has 0 saturated heterocycles. The van der Waals surface area contributed by atoms with Crippen LogP contribution in [0.25, 0.3) is 125 Å². The van der Waals surface area contributed by atoms with E-state index >= 15 is 0 Å². The first-order valence-electron chi connectivity index (χ1n) is 19.5. The summed E-state index contributed by atoms with van der Waals surface area (Å²) in [6, 6.07) is 59.7. The lowest BCUT2D eigenvalue weighted by Gasteiger charge is -2.15. The van der Waals surface area contributed by atoms with Gasteiger partial charge < -0.3 is 8.83 Å². The van der Waals surface area contributed by atoms with Gasteiger partial charge >= 0.3 is 0 Å². The van der Waals surface area contributed by atoms with Crippen LogP contribution < -0.4 is 0 Å². The molecule has 13 rings (SSSR count). The molecule has 0 aliphatic heterocycles. The zero-order chi connectivity index (χ0) is 38.8. The molecule has 0 bridgehead atoms. The summed E-state index contributed by atoms with van der Waals surface area (Å²) in [4.78, 5) is 10.9. The maximum atomic E-state index is 6.61. The van der Waals surface area contributed by atoms with E-state index in [-0.39, 0.29) is 0 Å². The lowest BCUT2D eigenvalue weighted by atomic mass is 9.99. The monoisotopic (exact) mass is 885 g/mol. The molecule has 0 fully saturated rings. The van der Waals surface area contributed by atoms with Crippen molar-refractivity contribution < 1.29 is 8.83 Å². The molecule has 0 radical (unpaired) electrons. The van der Waals surface area contributed by atoms with Crippen molar-refractivity contribution in [3.8, 4) is 39.6 Å². The van der Waals surface area contributed by atoms with Crippen LogP contribution in [0.1, 0.15) is 0 Å². The van der Waals surface area contributed by atoms with E-state index in [0.717, 1.165) is 103 Å². The van der Waals surface area contributed by atoms with Gasteiger partial charge in [0.05, 0.1) is 20.3 Å². The number of para-hydroxylation sites is 2. The Bertz CT molecular complexity index is 3870. The Hall–Kier alpha value is -6.81. The van der Waals surface area contributed by atoms with Crippen LogP contribution in [0.5, 0.6) is 0 Å². The zero-order valence-corrected chi connectivity index (χ0v) is 34.1. The Morgan fingerprint density at radius 3 is 2.05 bits per heavy atom. The van der Waals surface area contributed by atoms with Crippen molar-refractivity contribution in [3.05, 3.63) is 173 Å². The van der Waals surface area contributed by atoms with Gasteiger partial charge in [0.1, 0.15) is 22.3 Å². The average molecular weight is 886 g/mol. The number of benzene rings is 8. The largest absolute Gasteiger partial charge is 0.456 e. The Labute approximate surface area is 353 Å². The van der Waals surface area contributed by atoms with Crippen LogP contribution in [0.3, 0.4) is 0 Å². The summed E-state index contributed by atoms with van der Waals surface area (Å²) in [5.74, 6) is 1.44. The molecule has 0 amide bonds. The predicted octanol–water partition coefficient (Wildman–Crippen LogP) is 15.3. The Balaban J connectivity index is 1.09. The maximum Gasteiger partial charge on any atom is 0.162 e. The summed E-state index contributed by atoms with van der Waals surface area (Å²) in [5, 5.41) is 9.18. The van der Waals surface area contributed by atoms with Gasteiger partial charge in [-0.05, 0) is 88.3 Å². The lowest BCUT2D eigenvalue weighted by molar-refractivity contribution is 0.669. The normalized spacial score (nSPS) is 12.2. The van der Waals surface area contributed by atoms with Crippen LogP contribution in [0.2, 0.25) is 0 Å². The van der Waals surface area contributed by atoms with E-state index in [1.807, 2.05) is 35.6 Å². The molecule has 7 heteroatoms. The van der Waals surface area contributed by atoms with E-state index < -0.39 is 0 Å². The summed E-state index contributed by atoms with van der Waals surface area (Å²) in [6.07, 6.45) is 0. The third-order valence-electron chi connectivity index (χ3n) is 11.7. The number of rotatable bonds is 4. The summed E-state index contributed by atoms with van der Waals surface area (Å²) in [5.41, 5.74) is 10.6. The highest BCUT2D eigenvalue weighted by molar-refractivity contribution is 14.1. The fourth-order valence-electron chi connectivity index (χ4n) is 9.10. The number of furan rings is 2.